The highest BCUT2D eigenvalue weighted by Gasteiger charge is 2.36. The van der Waals surface area contributed by atoms with Crippen LogP contribution >= 0.6 is 11.6 Å². The molecule has 0 saturated carbocycles. The Kier molecular flexibility index (Phi) is 4.42. The molecular formula is C27H21ClN4O. The Labute approximate surface area is 195 Å². The van der Waals surface area contributed by atoms with Crippen LogP contribution in [-0.2, 0) is 7.05 Å². The first-order chi connectivity index (χ1) is 16.0. The van der Waals surface area contributed by atoms with Crippen molar-refractivity contribution in [2.24, 2.45) is 7.05 Å². The van der Waals surface area contributed by atoms with E-state index in [2.05, 4.69) is 11.4 Å². The number of aryl methyl sites for hydroxylation is 2. The standard InChI is InChI=1S/C27H21ClN4O/c1-16-22-23(17-12-14-18(28)15-13-17)24-25(20-10-6-7-11-21(20)31(2)27(24)33)29-26(22)32(30-16)19-8-4-3-5-9-19/h3-15,23,29H,1-2H3. The molecular weight excluding hydrogens is 432 g/mol. The molecule has 162 valence electrons. The van der Waals surface area contributed by atoms with E-state index < -0.39 is 0 Å². The number of nitrogens with zero attached hydrogens (tertiary/aromatic N) is 3. The Hall–Kier alpha value is -3.83. The van der Waals surface area contributed by atoms with Crippen molar-refractivity contribution in [2.75, 3.05) is 5.32 Å². The maximum Gasteiger partial charge on any atom is 0.257 e. The molecule has 3 aromatic carbocycles. The van der Waals surface area contributed by atoms with Crippen LogP contribution in [0.3, 0.4) is 0 Å². The van der Waals surface area contributed by atoms with Gasteiger partial charge in [0.15, 0.2) is 0 Å². The summed E-state index contributed by atoms with van der Waals surface area (Å²) in [7, 11) is 1.83. The largest absolute Gasteiger partial charge is 0.339 e. The highest BCUT2D eigenvalue weighted by Crippen LogP contribution is 2.47. The highest BCUT2D eigenvalue weighted by molar-refractivity contribution is 6.30. The first-order valence-electron chi connectivity index (χ1n) is 10.8. The summed E-state index contributed by atoms with van der Waals surface area (Å²) in [6.07, 6.45) is 0. The molecule has 1 aliphatic rings. The van der Waals surface area contributed by atoms with Crippen LogP contribution in [-0.4, -0.2) is 14.3 Å². The smallest absolute Gasteiger partial charge is 0.257 e. The lowest BCUT2D eigenvalue weighted by atomic mass is 9.81. The second-order valence-electron chi connectivity index (χ2n) is 8.37. The van der Waals surface area contributed by atoms with E-state index >= 15 is 0 Å². The molecule has 0 aliphatic carbocycles. The number of rotatable bonds is 2. The van der Waals surface area contributed by atoms with Gasteiger partial charge in [0.1, 0.15) is 5.82 Å². The molecule has 1 unspecified atom stereocenters. The van der Waals surface area contributed by atoms with Gasteiger partial charge < -0.3 is 9.88 Å². The average molecular weight is 453 g/mol. The van der Waals surface area contributed by atoms with Crippen molar-refractivity contribution < 1.29 is 0 Å². The van der Waals surface area contributed by atoms with Crippen LogP contribution in [0, 0.1) is 6.92 Å². The van der Waals surface area contributed by atoms with Gasteiger partial charge >= 0.3 is 0 Å². The number of halogens is 1. The summed E-state index contributed by atoms with van der Waals surface area (Å²) in [6, 6.07) is 25.8. The first-order valence-corrected chi connectivity index (χ1v) is 11.2. The van der Waals surface area contributed by atoms with E-state index in [1.165, 1.54) is 0 Å². The van der Waals surface area contributed by atoms with Crippen LogP contribution in [0.1, 0.15) is 28.3 Å². The van der Waals surface area contributed by atoms with Crippen molar-refractivity contribution in [1.82, 2.24) is 14.3 Å². The zero-order chi connectivity index (χ0) is 22.7. The molecule has 0 radical (unpaired) electrons. The van der Waals surface area contributed by atoms with Gasteiger partial charge in [0.2, 0.25) is 0 Å². The lowest BCUT2D eigenvalue weighted by molar-refractivity contribution is 0.842. The number of fused-ring (bicyclic) bond motifs is 4. The zero-order valence-corrected chi connectivity index (χ0v) is 19.0. The maximum absolute atomic E-state index is 13.7. The fourth-order valence-corrected chi connectivity index (χ4v) is 5.06. The summed E-state index contributed by atoms with van der Waals surface area (Å²) in [5.41, 5.74) is 6.26. The average Bonchev–Trinajstić information content (AvgIpc) is 3.18. The highest BCUT2D eigenvalue weighted by atomic mass is 35.5. The normalized spacial score (nSPS) is 14.6. The van der Waals surface area contributed by atoms with Gasteiger partial charge in [-0.15, -0.1) is 0 Å². The molecule has 1 N–H and O–H groups in total. The van der Waals surface area contributed by atoms with E-state index in [4.69, 9.17) is 16.7 Å². The van der Waals surface area contributed by atoms with Crippen LogP contribution < -0.4 is 10.9 Å². The van der Waals surface area contributed by atoms with Crippen molar-refractivity contribution in [3.05, 3.63) is 117 Å². The van der Waals surface area contributed by atoms with E-state index in [0.29, 0.717) is 5.02 Å². The Morgan fingerprint density at radius 3 is 2.36 bits per heavy atom. The third kappa shape index (κ3) is 2.93. The first kappa shape index (κ1) is 19.8. The molecule has 5 nitrogen and oxygen atoms in total. The van der Waals surface area contributed by atoms with Gasteiger partial charge in [-0.2, -0.15) is 5.10 Å². The molecule has 0 spiro atoms. The number of benzene rings is 3. The topological polar surface area (TPSA) is 51.9 Å². The summed E-state index contributed by atoms with van der Waals surface area (Å²) >= 11 is 6.21. The third-order valence-electron chi connectivity index (χ3n) is 6.47. The van der Waals surface area contributed by atoms with Gasteiger partial charge in [0.25, 0.3) is 5.56 Å². The van der Waals surface area contributed by atoms with Gasteiger partial charge in [-0.3, -0.25) is 4.79 Å². The minimum absolute atomic E-state index is 0.0198. The SMILES string of the molecule is Cc1nn(-c2ccccc2)c2c1C(c1ccc(Cl)cc1)c1c(c3ccccc3n(C)c1=O)N2. The molecule has 0 amide bonds. The minimum Gasteiger partial charge on any atom is -0.339 e. The lowest BCUT2D eigenvalue weighted by Crippen LogP contribution is -2.29. The third-order valence-corrected chi connectivity index (χ3v) is 6.72. The van der Waals surface area contributed by atoms with E-state index in [9.17, 15) is 4.79 Å². The number of aromatic nitrogens is 3. The van der Waals surface area contributed by atoms with Gasteiger partial charge in [0, 0.05) is 28.9 Å². The van der Waals surface area contributed by atoms with E-state index in [0.717, 1.165) is 50.5 Å². The fraction of sp³-hybridized carbons (Fsp3) is 0.111. The number of para-hydroxylation sites is 2. The summed E-state index contributed by atoms with van der Waals surface area (Å²) in [5.74, 6) is 0.610. The molecule has 0 bridgehead atoms. The van der Waals surface area contributed by atoms with Crippen molar-refractivity contribution in [1.29, 1.82) is 0 Å². The molecule has 1 aliphatic heterocycles. The Morgan fingerprint density at radius 2 is 1.61 bits per heavy atom. The van der Waals surface area contributed by atoms with Crippen molar-refractivity contribution in [2.45, 2.75) is 12.8 Å². The molecule has 2 aromatic heterocycles. The number of anilines is 2. The van der Waals surface area contributed by atoms with E-state index in [1.807, 2.05) is 91.4 Å². The van der Waals surface area contributed by atoms with Crippen LogP contribution in [0.2, 0.25) is 5.02 Å². The Morgan fingerprint density at radius 1 is 0.909 bits per heavy atom. The number of nitrogens with one attached hydrogen (secondary N) is 1. The zero-order valence-electron chi connectivity index (χ0n) is 18.2. The Bertz CT molecular complexity index is 1580. The van der Waals surface area contributed by atoms with Gasteiger partial charge in [-0.1, -0.05) is 60.1 Å². The summed E-state index contributed by atoms with van der Waals surface area (Å²) < 4.78 is 3.67. The summed E-state index contributed by atoms with van der Waals surface area (Å²) in [4.78, 5) is 13.7. The van der Waals surface area contributed by atoms with Gasteiger partial charge in [-0.05, 0) is 42.8 Å². The predicted molar refractivity (Wildman–Crippen MR) is 133 cm³/mol. The Balaban J connectivity index is 1.73. The minimum atomic E-state index is -0.269. The molecule has 33 heavy (non-hydrogen) atoms. The van der Waals surface area contributed by atoms with Crippen molar-refractivity contribution >= 4 is 34.0 Å². The van der Waals surface area contributed by atoms with Gasteiger partial charge in [-0.25, -0.2) is 4.68 Å². The summed E-state index contributed by atoms with van der Waals surface area (Å²) in [5, 5.41) is 10.2. The van der Waals surface area contributed by atoms with Gasteiger partial charge in [0.05, 0.1) is 28.1 Å². The lowest BCUT2D eigenvalue weighted by Gasteiger charge is -2.29. The second kappa shape index (κ2) is 7.36. The number of hydrogen-bond donors (Lipinski definition) is 1. The molecule has 6 heteroatoms. The number of pyridine rings is 1. The van der Waals surface area contributed by atoms with Crippen LogP contribution in [0.25, 0.3) is 16.6 Å². The van der Waals surface area contributed by atoms with Crippen molar-refractivity contribution in [3.8, 4) is 5.69 Å². The van der Waals surface area contributed by atoms with Crippen LogP contribution in [0.4, 0.5) is 11.5 Å². The second-order valence-corrected chi connectivity index (χ2v) is 8.81. The van der Waals surface area contributed by atoms with Crippen LogP contribution in [0.15, 0.2) is 83.7 Å². The fourth-order valence-electron chi connectivity index (χ4n) is 4.93. The monoisotopic (exact) mass is 452 g/mol. The van der Waals surface area contributed by atoms with E-state index in [-0.39, 0.29) is 11.5 Å². The molecule has 0 saturated heterocycles. The van der Waals surface area contributed by atoms with Crippen LogP contribution in [0.5, 0.6) is 0 Å². The molecule has 1 atom stereocenters. The van der Waals surface area contributed by atoms with Crippen molar-refractivity contribution in [3.63, 3.8) is 0 Å². The quantitative estimate of drug-likeness (QED) is 0.354. The molecule has 5 aromatic rings. The predicted octanol–water partition coefficient (Wildman–Crippen LogP) is 5.92. The number of hydrogen-bond acceptors (Lipinski definition) is 3. The summed E-state index contributed by atoms with van der Waals surface area (Å²) in [6.45, 7) is 2.00. The molecule has 3 heterocycles. The van der Waals surface area contributed by atoms with E-state index in [1.54, 1.807) is 4.57 Å². The molecule has 6 rings (SSSR count). The molecule has 0 fully saturated rings. The maximum atomic E-state index is 13.7.